The van der Waals surface area contributed by atoms with Gasteiger partial charge in [-0.15, -0.1) is 0 Å². The van der Waals surface area contributed by atoms with Crippen molar-refractivity contribution >= 4 is 100 Å². The Morgan fingerprint density at radius 3 is 1.10 bits per heavy atom. The van der Waals surface area contributed by atoms with Crippen LogP contribution >= 0.6 is 0 Å². The van der Waals surface area contributed by atoms with Crippen LogP contribution in [-0.4, -0.2) is 225 Å². The average molecular weight is 1030 g/mol. The molecule has 8 amide bonds. The fraction of sp³-hybridized carbons (Fsp3) is 0.595. The molecule has 0 heterocycles. The van der Waals surface area contributed by atoms with Gasteiger partial charge in [-0.1, -0.05) is 6.92 Å². The number of carbonyl (C=O) groups is 17. The monoisotopic (exact) mass is 1030 g/mol. The van der Waals surface area contributed by atoms with Crippen molar-refractivity contribution in [3.05, 3.63) is 0 Å². The Labute approximate surface area is 410 Å². The summed E-state index contributed by atoms with van der Waals surface area (Å²) in [6.07, 6.45) is -3.34. The summed E-state index contributed by atoms with van der Waals surface area (Å²) in [5.74, 6) is -16.0. The van der Waals surface area contributed by atoms with Crippen LogP contribution in [0.25, 0.3) is 0 Å². The van der Waals surface area contributed by atoms with Crippen LogP contribution in [0.1, 0.15) is 77.6 Å². The second-order valence-electron chi connectivity index (χ2n) is 15.6. The molecule has 0 aromatic rings. The second kappa shape index (κ2) is 35.1. The third kappa shape index (κ3) is 31.2. The van der Waals surface area contributed by atoms with Gasteiger partial charge in [0.2, 0.25) is 47.3 Å². The molecular weight excluding hydrogens is 967 g/mol. The van der Waals surface area contributed by atoms with Gasteiger partial charge in [0.25, 0.3) is 0 Å². The lowest BCUT2D eigenvalue weighted by atomic mass is 10.1. The molecule has 0 fully saturated rings. The molecule has 0 atom stereocenters. The number of carboxylic acids is 4. The number of hydrogen-bond acceptors (Lipinski definition) is 18. The molecule has 0 unspecified atom stereocenters. The van der Waals surface area contributed by atoms with Gasteiger partial charge in [0.05, 0.1) is 39.3 Å². The van der Waals surface area contributed by atoms with E-state index in [4.69, 9.17) is 15.9 Å². The molecular formula is C42H61N9O21. The van der Waals surface area contributed by atoms with E-state index in [1.165, 1.54) is 0 Å². The highest BCUT2D eigenvalue weighted by atomic mass is 16.4. The number of nitrogens with one attached hydrogen (secondary N) is 4. The van der Waals surface area contributed by atoms with Gasteiger partial charge < -0.3 is 67.0 Å². The first kappa shape index (κ1) is 64.0. The van der Waals surface area contributed by atoms with Crippen molar-refractivity contribution in [1.29, 1.82) is 0 Å². The number of carboxylic acid groups (broad SMARTS) is 4. The molecule has 400 valence electrons. The first-order valence-electron chi connectivity index (χ1n) is 22.1. The van der Waals surface area contributed by atoms with Crippen molar-refractivity contribution in [2.45, 2.75) is 77.6 Å². The lowest BCUT2D eigenvalue weighted by Gasteiger charge is -2.21. The maximum absolute atomic E-state index is 12.8. The van der Waals surface area contributed by atoms with Crippen LogP contribution in [0.2, 0.25) is 0 Å². The summed E-state index contributed by atoms with van der Waals surface area (Å²) in [6, 6.07) is 0. The van der Waals surface area contributed by atoms with E-state index in [1.54, 1.807) is 6.92 Å². The van der Waals surface area contributed by atoms with Crippen molar-refractivity contribution in [2.75, 3.05) is 85.1 Å². The Morgan fingerprint density at radius 2 is 0.694 bits per heavy atom. The zero-order valence-electron chi connectivity index (χ0n) is 39.6. The number of aliphatic carboxylic acids is 4. The van der Waals surface area contributed by atoms with Crippen LogP contribution in [0.15, 0.2) is 0 Å². The minimum Gasteiger partial charge on any atom is -0.480 e. The Morgan fingerprint density at radius 1 is 0.347 bits per heavy atom. The molecule has 0 aliphatic carbocycles. The summed E-state index contributed by atoms with van der Waals surface area (Å²) in [5, 5.41) is 45.7. The summed E-state index contributed by atoms with van der Waals surface area (Å²) in [7, 11) is 0. The van der Waals surface area contributed by atoms with Gasteiger partial charge in [-0.05, 0) is 6.42 Å². The largest absolute Gasteiger partial charge is 0.480 e. The zero-order valence-corrected chi connectivity index (χ0v) is 39.6. The van der Waals surface area contributed by atoms with Crippen molar-refractivity contribution < 1.29 is 102 Å². The molecule has 0 saturated carbocycles. The maximum Gasteiger partial charge on any atom is 0.323 e. The van der Waals surface area contributed by atoms with Gasteiger partial charge in [-0.3, -0.25) is 81.5 Å². The molecule has 0 rings (SSSR count). The number of carbonyl (C=O) groups excluding carboxylic acids is 13. The number of rotatable bonds is 40. The summed E-state index contributed by atoms with van der Waals surface area (Å²) in [5.41, 5.74) is 5.18. The highest BCUT2D eigenvalue weighted by Crippen LogP contribution is 2.05. The van der Waals surface area contributed by atoms with Gasteiger partial charge in [-0.2, -0.15) is 0 Å². The molecule has 0 aliphatic rings. The average Bonchev–Trinajstić information content (AvgIpc) is 3.30. The normalized spacial score (nSPS) is 10.4. The molecule has 30 heteroatoms. The van der Waals surface area contributed by atoms with Crippen LogP contribution in [0.5, 0.6) is 0 Å². The van der Waals surface area contributed by atoms with Crippen LogP contribution in [-0.2, 0) is 81.5 Å². The maximum atomic E-state index is 12.8. The van der Waals surface area contributed by atoms with Gasteiger partial charge >= 0.3 is 23.9 Å². The fourth-order valence-electron chi connectivity index (χ4n) is 5.77. The van der Waals surface area contributed by atoms with E-state index < -0.39 is 198 Å². The predicted octanol–water partition coefficient (Wildman–Crippen LogP) is -5.78. The zero-order chi connectivity index (χ0) is 54.9. The van der Waals surface area contributed by atoms with Gasteiger partial charge in [0.1, 0.15) is 50.8 Å². The van der Waals surface area contributed by atoms with Crippen LogP contribution in [0.3, 0.4) is 0 Å². The first-order chi connectivity index (χ1) is 33.8. The number of nitrogens with zero attached hydrogens (tertiary/aromatic N) is 4. The number of hydrogen-bond donors (Lipinski definition) is 9. The molecule has 0 radical (unpaired) electrons. The van der Waals surface area contributed by atoms with Gasteiger partial charge in [0.15, 0.2) is 17.3 Å². The number of ketones is 5. The summed E-state index contributed by atoms with van der Waals surface area (Å²) >= 11 is 0. The third-order valence-electron chi connectivity index (χ3n) is 9.55. The van der Waals surface area contributed by atoms with Crippen molar-refractivity contribution in [1.82, 2.24) is 40.9 Å². The van der Waals surface area contributed by atoms with Crippen LogP contribution < -0.4 is 27.0 Å². The third-order valence-corrected chi connectivity index (χ3v) is 9.55. The predicted molar refractivity (Wildman–Crippen MR) is 239 cm³/mol. The lowest BCUT2D eigenvalue weighted by molar-refractivity contribution is -0.146. The van der Waals surface area contributed by atoms with Crippen molar-refractivity contribution in [2.24, 2.45) is 5.73 Å². The summed E-state index contributed by atoms with van der Waals surface area (Å²) < 4.78 is 0. The number of nitrogens with two attached hydrogens (primary N) is 1. The molecule has 0 aliphatic heterocycles. The lowest BCUT2D eigenvalue weighted by Crippen LogP contribution is -2.47. The standard InChI is InChI=1S/C42H61N9O21/c1-2-26(52)5-9-31(57)46-17-38(64)51(25-42(71)72)21-34(60)45-15-28(54)8-12-36(62)48(22-39(65)66)18-29(55)4-3-13-44-33(59)20-50(24-41(69)70)37(63)16-47-32(58)10-6-30(56)19-49(23-40(67)68)35(61)11-7-27(53)14-43/h2-25,43H2,1H3,(H,44,59)(H,45,60)(H,46,57)(H,47,58)(H,65,66)(H,67,68)(H,69,70)(H,71,72). The van der Waals surface area contributed by atoms with E-state index in [-0.39, 0.29) is 57.4 Å². The minimum atomic E-state index is -1.53. The van der Waals surface area contributed by atoms with E-state index in [0.29, 0.717) is 19.6 Å². The summed E-state index contributed by atoms with van der Waals surface area (Å²) in [4.78, 5) is 208. The van der Waals surface area contributed by atoms with Gasteiger partial charge in [0, 0.05) is 70.8 Å². The van der Waals surface area contributed by atoms with Crippen molar-refractivity contribution in [3.8, 4) is 0 Å². The topological polar surface area (TPSA) is 458 Å². The quantitative estimate of drug-likeness (QED) is 0.0258. The fourth-order valence-corrected chi connectivity index (χ4v) is 5.77. The Kier molecular flexibility index (Phi) is 31.2. The molecule has 0 saturated heterocycles. The molecule has 0 aromatic heterocycles. The van der Waals surface area contributed by atoms with Crippen molar-refractivity contribution in [3.63, 3.8) is 0 Å². The van der Waals surface area contributed by atoms with E-state index >= 15 is 0 Å². The molecule has 30 nitrogen and oxygen atoms in total. The van der Waals surface area contributed by atoms with Crippen LogP contribution in [0.4, 0.5) is 0 Å². The SMILES string of the molecule is CCC(=O)CCC(=O)NCC(=O)N(CC(=O)O)CC(=O)NCC(=O)CCC(=O)N(CC(=O)O)CC(=O)CCCNC(=O)CN(CC(=O)O)C(=O)CNC(=O)CCC(=O)CN(CC(=O)O)C(=O)CCC(=O)CN. The molecule has 0 aromatic carbocycles. The Balaban J connectivity index is 5.00. The Bertz CT molecular complexity index is 2060. The van der Waals surface area contributed by atoms with E-state index in [2.05, 4.69) is 21.3 Å². The highest BCUT2D eigenvalue weighted by Gasteiger charge is 2.25. The number of Topliss-reactive ketones (excluding diaryl/α,β-unsaturated/α-hetero) is 5. The molecule has 72 heavy (non-hydrogen) atoms. The molecule has 0 spiro atoms. The van der Waals surface area contributed by atoms with Gasteiger partial charge in [-0.25, -0.2) is 0 Å². The van der Waals surface area contributed by atoms with E-state index in [0.717, 1.165) is 0 Å². The highest BCUT2D eigenvalue weighted by molar-refractivity contribution is 5.96. The second-order valence-corrected chi connectivity index (χ2v) is 15.6. The smallest absolute Gasteiger partial charge is 0.323 e. The molecule has 0 bridgehead atoms. The van der Waals surface area contributed by atoms with E-state index in [9.17, 15) is 91.7 Å². The Hall–Kier alpha value is -8.05. The summed E-state index contributed by atoms with van der Waals surface area (Å²) in [6.45, 7) is -7.97. The van der Waals surface area contributed by atoms with Crippen LogP contribution in [0, 0.1) is 0 Å². The minimum absolute atomic E-state index is 0.0707. The first-order valence-corrected chi connectivity index (χ1v) is 22.1. The molecule has 10 N–H and O–H groups in total. The van der Waals surface area contributed by atoms with E-state index in [1.807, 2.05) is 0 Å². The number of amides is 8.